The number of hydrogen-bond donors (Lipinski definition) is 4. The van der Waals surface area contributed by atoms with Crippen LogP contribution in [0.1, 0.15) is 119 Å². The molecule has 49 heavy (non-hydrogen) atoms. The van der Waals surface area contributed by atoms with Crippen LogP contribution in [0.3, 0.4) is 0 Å². The van der Waals surface area contributed by atoms with Gasteiger partial charge in [0.15, 0.2) is 5.23 Å². The van der Waals surface area contributed by atoms with E-state index in [9.17, 15) is 33.0 Å². The van der Waals surface area contributed by atoms with Crippen LogP contribution in [0.25, 0.3) is 0 Å². The summed E-state index contributed by atoms with van der Waals surface area (Å²) in [5.74, 6) is -2.52. The Morgan fingerprint density at radius 3 is 2.06 bits per heavy atom. The summed E-state index contributed by atoms with van der Waals surface area (Å²) >= 11 is 0. The molecule has 12 nitrogen and oxygen atoms in total. The molecule has 4 saturated carbocycles. The van der Waals surface area contributed by atoms with Crippen molar-refractivity contribution in [3.05, 3.63) is 0 Å². The second-order valence-electron chi connectivity index (χ2n) is 17.8. The molecule has 0 bridgehead atoms. The largest absolute Gasteiger partial charge is 0.363 e. The molecule has 13 heteroatoms. The topological polar surface area (TPSA) is 185 Å². The second kappa shape index (κ2) is 13.3. The summed E-state index contributed by atoms with van der Waals surface area (Å²) in [5.41, 5.74) is 3.81. The first kappa shape index (κ1) is 37.3. The maximum Gasteiger partial charge on any atom is 0.315 e. The van der Waals surface area contributed by atoms with E-state index in [1.54, 1.807) is 25.7 Å². The van der Waals surface area contributed by atoms with E-state index in [0.29, 0.717) is 25.8 Å². The van der Waals surface area contributed by atoms with Crippen molar-refractivity contribution in [1.29, 1.82) is 0 Å². The van der Waals surface area contributed by atoms with Crippen molar-refractivity contribution >= 4 is 44.3 Å². The Labute approximate surface area is 291 Å². The molecule has 0 aromatic rings. The van der Waals surface area contributed by atoms with Crippen molar-refractivity contribution < 1.29 is 33.0 Å². The number of rotatable bonds is 11. The molecule has 274 valence electrons. The second-order valence-corrected chi connectivity index (χ2v) is 20.9. The summed E-state index contributed by atoms with van der Waals surface area (Å²) < 4.78 is 13.0. The molecule has 5 N–H and O–H groups in total. The van der Waals surface area contributed by atoms with Gasteiger partial charge in [0, 0.05) is 17.0 Å². The number of fused-ring (bicyclic) bond motifs is 2. The number of primary amides is 1. The van der Waals surface area contributed by atoms with Gasteiger partial charge in [-0.3, -0.25) is 23.4 Å². The van der Waals surface area contributed by atoms with Crippen molar-refractivity contribution in [2.75, 3.05) is 12.3 Å². The standard InChI is InChI=1S/C36H57N5O7S/c1-33(2,3)28(39-32(47)40-36(13-8-7-9-14-36)20-49(48,21-42)34(4,5)6)31(46)41-19-24-23(12-15-35(24)16-17-35)26(41)30(45)38-25(18-22-10-11-22)27(43)29(37)44/h22-26,28H,7-20H2,1-6H3,(H2,37,44)(H,38,45)(H2,39,40,47)/t23-,24-,25?,26-,28+,49?/m0/s1. The van der Waals surface area contributed by atoms with E-state index < -0.39 is 67.0 Å². The van der Waals surface area contributed by atoms with Crippen molar-refractivity contribution in [3.8, 4) is 0 Å². The number of nitrogens with zero attached hydrogens (tertiary/aromatic N) is 1. The van der Waals surface area contributed by atoms with Gasteiger partial charge in [-0.1, -0.05) is 52.9 Å². The van der Waals surface area contributed by atoms with Crippen molar-refractivity contribution in [2.45, 2.75) is 147 Å². The number of nitrogens with two attached hydrogens (primary N) is 1. The molecule has 2 unspecified atom stereocenters. The molecule has 5 amide bonds. The highest BCUT2D eigenvalue weighted by Crippen LogP contribution is 2.66. The van der Waals surface area contributed by atoms with Crippen LogP contribution in [-0.4, -0.2) is 84.6 Å². The van der Waals surface area contributed by atoms with Crippen molar-refractivity contribution in [1.82, 2.24) is 20.9 Å². The zero-order valence-corrected chi connectivity index (χ0v) is 31.0. The summed E-state index contributed by atoms with van der Waals surface area (Å²) in [6, 6.07) is -3.49. The monoisotopic (exact) mass is 703 g/mol. The fourth-order valence-corrected chi connectivity index (χ4v) is 10.6. The van der Waals surface area contributed by atoms with Crippen LogP contribution in [0.5, 0.6) is 0 Å². The lowest BCUT2D eigenvalue weighted by atomic mass is 9.83. The van der Waals surface area contributed by atoms with E-state index >= 15 is 0 Å². The highest BCUT2D eigenvalue weighted by atomic mass is 32.2. The predicted octanol–water partition coefficient (Wildman–Crippen LogP) is 2.91. The van der Waals surface area contributed by atoms with Gasteiger partial charge in [0.1, 0.15) is 12.1 Å². The molecule has 0 radical (unpaired) electrons. The quantitative estimate of drug-likeness (QED) is 0.188. The number of urea groups is 1. The first-order valence-corrected chi connectivity index (χ1v) is 19.9. The highest BCUT2D eigenvalue weighted by molar-refractivity contribution is 8.01. The van der Waals surface area contributed by atoms with E-state index in [0.717, 1.165) is 57.8 Å². The van der Waals surface area contributed by atoms with Gasteiger partial charge in [0.2, 0.25) is 17.6 Å². The Bertz CT molecular complexity index is 1500. The number of hydrogen-bond acceptors (Lipinski definition) is 7. The number of Topliss-reactive ketones (excluding diaryl/α,β-unsaturated/α-hetero) is 1. The Balaban J connectivity index is 1.39. The fourth-order valence-electron chi connectivity index (χ4n) is 8.77. The molecular formula is C36H57N5O7S. The lowest BCUT2D eigenvalue weighted by Gasteiger charge is -2.42. The maximum atomic E-state index is 14.7. The zero-order chi connectivity index (χ0) is 36.2. The third-order valence-corrected chi connectivity index (χ3v) is 15.4. The fraction of sp³-hybridized carbons (Fsp3) is 0.833. The van der Waals surface area contributed by atoms with Crippen LogP contribution in [0.4, 0.5) is 4.79 Å². The molecule has 1 spiro atoms. The van der Waals surface area contributed by atoms with Gasteiger partial charge >= 0.3 is 6.03 Å². The molecule has 6 atom stereocenters. The highest BCUT2D eigenvalue weighted by Gasteiger charge is 2.64. The SMILES string of the molecule is CC(C)(C)[C@H](NC(=O)NC1(CS(=O)(=C=O)C(C)(C)C)CCCCC1)C(=O)N1C[C@H]2[C@H](CCC23CC3)[C@H]1C(=O)NC(CC1CC1)C(=O)C(N)=O. The van der Waals surface area contributed by atoms with Crippen LogP contribution in [0, 0.1) is 28.6 Å². The summed E-state index contributed by atoms with van der Waals surface area (Å²) in [7, 11) is -3.11. The maximum absolute atomic E-state index is 14.7. The van der Waals surface area contributed by atoms with Gasteiger partial charge < -0.3 is 26.6 Å². The van der Waals surface area contributed by atoms with Gasteiger partial charge in [-0.2, -0.15) is 0 Å². The number of carbonyl (C=O) groups is 5. The van der Waals surface area contributed by atoms with E-state index in [-0.39, 0.29) is 34.8 Å². The third-order valence-electron chi connectivity index (χ3n) is 12.2. The van der Waals surface area contributed by atoms with E-state index in [2.05, 4.69) is 16.0 Å². The van der Waals surface area contributed by atoms with Crippen LogP contribution in [-0.2, 0) is 33.5 Å². The molecule has 1 saturated heterocycles. The summed E-state index contributed by atoms with van der Waals surface area (Å²) in [6.45, 7) is 11.2. The number of ketones is 1. The average molecular weight is 704 g/mol. The average Bonchev–Trinajstić information content (AvgIpc) is 3.92. The third kappa shape index (κ3) is 7.72. The lowest BCUT2D eigenvalue weighted by molar-refractivity contribution is -0.144. The van der Waals surface area contributed by atoms with Gasteiger partial charge in [-0.05, 0) is 94.3 Å². The Morgan fingerprint density at radius 1 is 0.918 bits per heavy atom. The number of likely N-dealkylation sites (tertiary alicyclic amines) is 1. The number of amides is 5. The molecule has 5 aliphatic rings. The van der Waals surface area contributed by atoms with Gasteiger partial charge in [-0.15, -0.1) is 0 Å². The number of nitrogens with one attached hydrogen (secondary N) is 3. The smallest absolute Gasteiger partial charge is 0.315 e. The first-order chi connectivity index (χ1) is 22.7. The molecule has 5 fully saturated rings. The minimum Gasteiger partial charge on any atom is -0.363 e. The lowest BCUT2D eigenvalue weighted by Crippen LogP contribution is -2.64. The molecule has 1 heterocycles. The minimum atomic E-state index is -3.11. The van der Waals surface area contributed by atoms with E-state index in [1.165, 1.54) is 0 Å². The van der Waals surface area contributed by atoms with Crippen molar-refractivity contribution in [3.63, 3.8) is 0 Å². The molecule has 0 aromatic carbocycles. The van der Waals surface area contributed by atoms with Crippen molar-refractivity contribution in [2.24, 2.45) is 34.3 Å². The summed E-state index contributed by atoms with van der Waals surface area (Å²) in [6.07, 6.45) is 9.71. The predicted molar refractivity (Wildman–Crippen MR) is 186 cm³/mol. The van der Waals surface area contributed by atoms with Crippen LogP contribution >= 0.6 is 0 Å². The molecule has 5 rings (SSSR count). The molecule has 1 aliphatic heterocycles. The Hall–Kier alpha value is -2.92. The number of carbonyl (C=O) groups excluding carboxylic acids is 6. The van der Waals surface area contributed by atoms with Crippen LogP contribution < -0.4 is 21.7 Å². The van der Waals surface area contributed by atoms with Crippen LogP contribution in [0.15, 0.2) is 0 Å². The van der Waals surface area contributed by atoms with Gasteiger partial charge in [0.05, 0.1) is 21.1 Å². The molecule has 4 aliphatic carbocycles. The van der Waals surface area contributed by atoms with Gasteiger partial charge in [-0.25, -0.2) is 9.59 Å². The minimum absolute atomic E-state index is 0.0274. The zero-order valence-electron chi connectivity index (χ0n) is 30.2. The molecular weight excluding hydrogens is 646 g/mol. The normalized spacial score (nSPS) is 28.0. The molecule has 0 aromatic heterocycles. The first-order valence-electron chi connectivity index (χ1n) is 18.2. The van der Waals surface area contributed by atoms with E-state index in [1.807, 2.05) is 26.0 Å². The summed E-state index contributed by atoms with van der Waals surface area (Å²) in [4.78, 5) is 81.0. The van der Waals surface area contributed by atoms with E-state index in [4.69, 9.17) is 5.73 Å². The summed E-state index contributed by atoms with van der Waals surface area (Å²) in [5, 5.41) is 10.7. The van der Waals surface area contributed by atoms with Gasteiger partial charge in [0.25, 0.3) is 5.91 Å². The Morgan fingerprint density at radius 2 is 1.55 bits per heavy atom. The van der Waals surface area contributed by atoms with Crippen LogP contribution in [0.2, 0.25) is 0 Å². The Kier molecular flexibility index (Phi) is 10.2.